The number of hydrogen-bond donors (Lipinski definition) is 2. The van der Waals surface area contributed by atoms with Crippen LogP contribution >= 0.6 is 11.6 Å². The van der Waals surface area contributed by atoms with E-state index in [0.29, 0.717) is 17.8 Å². The van der Waals surface area contributed by atoms with E-state index in [4.69, 9.17) is 22.1 Å². The molecule has 0 bridgehead atoms. The van der Waals surface area contributed by atoms with Crippen LogP contribution in [-0.4, -0.2) is 22.8 Å². The number of allylic oxidation sites excluding steroid dienone is 2. The Morgan fingerprint density at radius 2 is 2.10 bits per heavy atom. The van der Waals surface area contributed by atoms with E-state index in [1.807, 2.05) is 18.2 Å². The molecular formula is C23H22ClFN4O2. The molecular weight excluding hydrogens is 419 g/mol. The quantitative estimate of drug-likeness (QED) is 0.583. The first-order valence-electron chi connectivity index (χ1n) is 9.80. The van der Waals surface area contributed by atoms with Gasteiger partial charge in [0, 0.05) is 12.7 Å². The second-order valence-electron chi connectivity index (χ2n) is 7.42. The van der Waals surface area contributed by atoms with E-state index in [1.165, 1.54) is 22.9 Å². The highest BCUT2D eigenvalue weighted by Gasteiger charge is 2.29. The largest absolute Gasteiger partial charge is 0.496 e. The molecule has 0 aliphatic heterocycles. The van der Waals surface area contributed by atoms with Crippen LogP contribution in [0.4, 0.5) is 15.9 Å². The number of hydrogen-bond acceptors (Lipinski definition) is 4. The van der Waals surface area contributed by atoms with Crippen molar-refractivity contribution in [3.05, 3.63) is 76.2 Å². The number of rotatable bonds is 5. The van der Waals surface area contributed by atoms with Crippen LogP contribution in [0, 0.1) is 5.82 Å². The number of benzene rings is 2. The van der Waals surface area contributed by atoms with Crippen molar-refractivity contribution < 1.29 is 13.9 Å². The van der Waals surface area contributed by atoms with Gasteiger partial charge in [0.05, 0.1) is 12.1 Å². The zero-order chi connectivity index (χ0) is 22.1. The molecule has 1 aromatic heterocycles. The van der Waals surface area contributed by atoms with Crippen molar-refractivity contribution in [2.45, 2.75) is 18.8 Å². The monoisotopic (exact) mass is 440 g/mol. The van der Waals surface area contributed by atoms with Crippen molar-refractivity contribution in [2.24, 2.45) is 7.05 Å². The average molecular weight is 441 g/mol. The van der Waals surface area contributed by atoms with Gasteiger partial charge in [-0.1, -0.05) is 35.9 Å². The maximum Gasteiger partial charge on any atom is 0.261 e. The second-order valence-corrected chi connectivity index (χ2v) is 7.83. The molecule has 0 spiro atoms. The molecule has 3 N–H and O–H groups in total. The lowest BCUT2D eigenvalue weighted by atomic mass is 9.93. The summed E-state index contributed by atoms with van der Waals surface area (Å²) >= 11 is 5.83. The number of anilines is 2. The molecule has 1 amide bonds. The summed E-state index contributed by atoms with van der Waals surface area (Å²) in [6.45, 7) is 0. The zero-order valence-corrected chi connectivity index (χ0v) is 17.9. The molecule has 1 heterocycles. The summed E-state index contributed by atoms with van der Waals surface area (Å²) < 4.78 is 20.4. The Kier molecular flexibility index (Phi) is 5.69. The Morgan fingerprint density at radius 3 is 2.84 bits per heavy atom. The summed E-state index contributed by atoms with van der Waals surface area (Å²) in [4.78, 5) is 13.0. The first-order chi connectivity index (χ1) is 14.9. The number of carbonyl (C=O) groups excluding carboxylic acids is 1. The van der Waals surface area contributed by atoms with Crippen molar-refractivity contribution in [3.8, 4) is 5.75 Å². The topological polar surface area (TPSA) is 82.2 Å². The number of methoxy groups -OCH3 is 1. The normalized spacial score (nSPS) is 15.6. The number of amides is 1. The molecule has 0 saturated carbocycles. The lowest BCUT2D eigenvalue weighted by Crippen LogP contribution is -2.15. The molecule has 6 nitrogen and oxygen atoms in total. The summed E-state index contributed by atoms with van der Waals surface area (Å²) in [5, 5.41) is 7.16. The first-order valence-corrected chi connectivity index (χ1v) is 10.2. The number of para-hydroxylation sites is 1. The molecule has 8 heteroatoms. The van der Waals surface area contributed by atoms with Crippen molar-refractivity contribution >= 4 is 34.6 Å². The Labute approximate surface area is 184 Å². The van der Waals surface area contributed by atoms with Crippen LogP contribution in [0.3, 0.4) is 0 Å². The summed E-state index contributed by atoms with van der Waals surface area (Å²) in [6, 6.07) is 11.9. The summed E-state index contributed by atoms with van der Waals surface area (Å²) in [5.74, 6) is 0.335. The molecule has 31 heavy (non-hydrogen) atoms. The fraction of sp³-hybridized carbons (Fsp3) is 0.217. The Morgan fingerprint density at radius 1 is 1.32 bits per heavy atom. The molecule has 0 saturated heterocycles. The van der Waals surface area contributed by atoms with Crippen LogP contribution in [0.1, 0.15) is 40.4 Å². The molecule has 0 radical (unpaired) electrons. The highest BCUT2D eigenvalue weighted by atomic mass is 35.5. The Hall–Kier alpha value is -3.32. The SMILES string of the molecule is COc1ccccc1C1CC=C(c2nn(C)c(N)c2C(=O)Nc2ccc(F)c(Cl)c2)C1. The van der Waals surface area contributed by atoms with E-state index in [-0.39, 0.29) is 22.3 Å². The third-order valence-electron chi connectivity index (χ3n) is 5.49. The molecule has 1 aliphatic carbocycles. The van der Waals surface area contributed by atoms with E-state index < -0.39 is 11.7 Å². The number of halogens is 2. The average Bonchev–Trinajstić information content (AvgIpc) is 3.36. The van der Waals surface area contributed by atoms with Crippen LogP contribution < -0.4 is 15.8 Å². The van der Waals surface area contributed by atoms with Gasteiger partial charge in [-0.15, -0.1) is 0 Å². The minimum atomic E-state index is -0.556. The van der Waals surface area contributed by atoms with Crippen molar-refractivity contribution in [3.63, 3.8) is 0 Å². The lowest BCUT2D eigenvalue weighted by Gasteiger charge is -2.15. The standard InChI is InChI=1S/C23H22ClFN4O2/c1-29-22(26)20(23(30)27-15-9-10-18(25)17(24)12-15)21(28-29)14-8-7-13(11-14)16-5-3-4-6-19(16)31-2/h3-6,8-10,12-13H,7,11,26H2,1-2H3,(H,27,30). The van der Waals surface area contributed by atoms with Crippen molar-refractivity contribution in [1.29, 1.82) is 0 Å². The minimum Gasteiger partial charge on any atom is -0.496 e. The summed E-state index contributed by atoms with van der Waals surface area (Å²) in [5.41, 5.74) is 9.45. The number of nitrogens with one attached hydrogen (secondary N) is 1. The molecule has 1 atom stereocenters. The fourth-order valence-electron chi connectivity index (χ4n) is 3.90. The zero-order valence-electron chi connectivity index (χ0n) is 17.2. The van der Waals surface area contributed by atoms with Crippen LogP contribution in [0.15, 0.2) is 48.5 Å². The highest BCUT2D eigenvalue weighted by molar-refractivity contribution is 6.31. The maximum absolute atomic E-state index is 13.4. The van der Waals surface area contributed by atoms with Gasteiger partial charge in [0.1, 0.15) is 28.6 Å². The summed E-state index contributed by atoms with van der Waals surface area (Å²) in [6.07, 6.45) is 3.60. The van der Waals surface area contributed by atoms with Crippen molar-refractivity contribution in [1.82, 2.24) is 9.78 Å². The third-order valence-corrected chi connectivity index (χ3v) is 5.78. The number of aromatic nitrogens is 2. The van der Waals surface area contributed by atoms with E-state index in [9.17, 15) is 9.18 Å². The summed E-state index contributed by atoms with van der Waals surface area (Å²) in [7, 11) is 3.35. The molecule has 2 aromatic carbocycles. The molecule has 1 aliphatic rings. The van der Waals surface area contributed by atoms with Gasteiger partial charge in [-0.3, -0.25) is 9.48 Å². The van der Waals surface area contributed by atoms with Gasteiger partial charge in [0.2, 0.25) is 0 Å². The smallest absolute Gasteiger partial charge is 0.261 e. The molecule has 160 valence electrons. The van der Waals surface area contributed by atoms with Gasteiger partial charge in [-0.2, -0.15) is 5.10 Å². The minimum absolute atomic E-state index is 0.0738. The van der Waals surface area contributed by atoms with Gasteiger partial charge in [0.15, 0.2) is 0 Å². The first kappa shape index (κ1) is 20.9. The van der Waals surface area contributed by atoms with Gasteiger partial charge in [-0.05, 0) is 54.2 Å². The number of carbonyl (C=O) groups is 1. The lowest BCUT2D eigenvalue weighted by molar-refractivity contribution is 0.102. The molecule has 4 rings (SSSR count). The predicted octanol–water partition coefficient (Wildman–Crippen LogP) is 5.02. The van der Waals surface area contributed by atoms with E-state index in [1.54, 1.807) is 14.2 Å². The van der Waals surface area contributed by atoms with Crippen LogP contribution in [0.5, 0.6) is 5.75 Å². The number of aryl methyl sites for hydroxylation is 1. The van der Waals surface area contributed by atoms with E-state index in [0.717, 1.165) is 23.3 Å². The van der Waals surface area contributed by atoms with E-state index in [2.05, 4.69) is 22.6 Å². The Bertz CT molecular complexity index is 1190. The van der Waals surface area contributed by atoms with Crippen LogP contribution in [0.2, 0.25) is 5.02 Å². The number of ether oxygens (including phenoxy) is 1. The fourth-order valence-corrected chi connectivity index (χ4v) is 4.08. The molecule has 3 aromatic rings. The van der Waals surface area contributed by atoms with Gasteiger partial charge in [0.25, 0.3) is 5.91 Å². The van der Waals surface area contributed by atoms with Gasteiger partial charge >= 0.3 is 0 Å². The number of nitrogens with zero attached hydrogens (tertiary/aromatic N) is 2. The molecule has 1 unspecified atom stereocenters. The number of nitrogen functional groups attached to an aromatic ring is 1. The third kappa shape index (κ3) is 4.01. The Balaban J connectivity index is 1.61. The van der Waals surface area contributed by atoms with E-state index >= 15 is 0 Å². The molecule has 0 fully saturated rings. The van der Waals surface area contributed by atoms with Crippen LogP contribution in [0.25, 0.3) is 5.57 Å². The highest BCUT2D eigenvalue weighted by Crippen LogP contribution is 2.42. The second kappa shape index (κ2) is 8.43. The van der Waals surface area contributed by atoms with Crippen LogP contribution in [-0.2, 0) is 7.05 Å². The predicted molar refractivity (Wildman–Crippen MR) is 120 cm³/mol. The van der Waals surface area contributed by atoms with Crippen molar-refractivity contribution in [2.75, 3.05) is 18.2 Å². The van der Waals surface area contributed by atoms with Gasteiger partial charge < -0.3 is 15.8 Å². The number of nitrogens with two attached hydrogens (primary N) is 1. The van der Waals surface area contributed by atoms with Gasteiger partial charge in [-0.25, -0.2) is 4.39 Å². The maximum atomic E-state index is 13.4.